The first kappa shape index (κ1) is 18.5. The van der Waals surface area contributed by atoms with Gasteiger partial charge in [-0.1, -0.05) is 53.2 Å². The number of nitrogens with one attached hydrogen (secondary N) is 1. The molecule has 2 aromatic carbocycles. The van der Waals surface area contributed by atoms with Crippen LogP contribution in [0.2, 0.25) is 5.02 Å². The third-order valence-corrected chi connectivity index (χ3v) is 5.42. The summed E-state index contributed by atoms with van der Waals surface area (Å²) < 4.78 is 1.77. The van der Waals surface area contributed by atoms with Crippen molar-refractivity contribution in [1.82, 2.24) is 14.6 Å². The number of aryl methyl sites for hydroxylation is 1. The van der Waals surface area contributed by atoms with Crippen LogP contribution in [0.15, 0.2) is 72.0 Å². The quantitative estimate of drug-likeness (QED) is 0.467. The Balaban J connectivity index is 1.50. The maximum absolute atomic E-state index is 12.3. The minimum absolute atomic E-state index is 0.0740. The van der Waals surface area contributed by atoms with Gasteiger partial charge in [0.05, 0.1) is 17.0 Å². The molecule has 28 heavy (non-hydrogen) atoms. The van der Waals surface area contributed by atoms with Crippen LogP contribution in [0.4, 0.5) is 5.69 Å². The zero-order valence-corrected chi connectivity index (χ0v) is 16.7. The van der Waals surface area contributed by atoms with Gasteiger partial charge < -0.3 is 5.32 Å². The van der Waals surface area contributed by atoms with Gasteiger partial charge >= 0.3 is 0 Å². The molecular formula is C21H17ClN4OS. The highest BCUT2D eigenvalue weighted by Gasteiger charge is 2.11. The lowest BCUT2D eigenvalue weighted by Crippen LogP contribution is -2.14. The number of nitrogens with zero attached hydrogens (tertiary/aromatic N) is 3. The van der Waals surface area contributed by atoms with E-state index in [1.54, 1.807) is 16.9 Å². The molecule has 0 saturated heterocycles. The second-order valence-corrected chi connectivity index (χ2v) is 7.70. The molecule has 0 aliphatic rings. The largest absolute Gasteiger partial charge is 0.325 e. The van der Waals surface area contributed by atoms with Gasteiger partial charge in [0.1, 0.15) is 5.03 Å². The summed E-state index contributed by atoms with van der Waals surface area (Å²) in [6.45, 7) is 2.01. The molecule has 0 fully saturated rings. The first-order valence-electron chi connectivity index (χ1n) is 8.68. The van der Waals surface area contributed by atoms with Gasteiger partial charge in [-0.25, -0.2) is 9.50 Å². The smallest absolute Gasteiger partial charge is 0.234 e. The molecule has 0 aliphatic carbocycles. The number of hydrogen-bond donors (Lipinski definition) is 1. The van der Waals surface area contributed by atoms with E-state index in [2.05, 4.69) is 15.4 Å². The van der Waals surface area contributed by atoms with Crippen LogP contribution in [0.5, 0.6) is 0 Å². The van der Waals surface area contributed by atoms with Crippen molar-refractivity contribution >= 4 is 40.5 Å². The molecule has 0 bridgehead atoms. The molecule has 4 aromatic rings. The lowest BCUT2D eigenvalue weighted by atomic mass is 10.1. The van der Waals surface area contributed by atoms with Crippen LogP contribution < -0.4 is 5.32 Å². The number of amides is 1. The van der Waals surface area contributed by atoms with E-state index in [0.29, 0.717) is 5.02 Å². The fraction of sp³-hybridized carbons (Fsp3) is 0.0952. The van der Waals surface area contributed by atoms with Gasteiger partial charge in [0.15, 0.2) is 0 Å². The summed E-state index contributed by atoms with van der Waals surface area (Å²) >= 11 is 7.35. The van der Waals surface area contributed by atoms with Crippen molar-refractivity contribution in [1.29, 1.82) is 0 Å². The van der Waals surface area contributed by atoms with Gasteiger partial charge in [0, 0.05) is 28.7 Å². The number of halogens is 1. The number of fused-ring (bicyclic) bond motifs is 1. The molecule has 140 valence electrons. The summed E-state index contributed by atoms with van der Waals surface area (Å²) in [6, 6.07) is 17.2. The SMILES string of the molecule is Cc1ccc(NC(=O)CSc2nccn3nc(-c4ccc(Cl)cc4)cc23)cc1. The second-order valence-electron chi connectivity index (χ2n) is 6.30. The number of carbonyl (C=O) groups is 1. The van der Waals surface area contributed by atoms with Crippen LogP contribution in [0, 0.1) is 6.92 Å². The van der Waals surface area contributed by atoms with Crippen LogP contribution >= 0.6 is 23.4 Å². The van der Waals surface area contributed by atoms with Crippen LogP contribution in [0.1, 0.15) is 5.56 Å². The Labute approximate surface area is 171 Å². The first-order valence-corrected chi connectivity index (χ1v) is 10.0. The molecule has 7 heteroatoms. The van der Waals surface area contributed by atoms with Crippen LogP contribution in [-0.2, 0) is 4.79 Å². The summed E-state index contributed by atoms with van der Waals surface area (Å²) in [7, 11) is 0. The molecule has 0 atom stereocenters. The average Bonchev–Trinajstić information content (AvgIpc) is 3.13. The molecule has 0 aliphatic heterocycles. The van der Waals surface area contributed by atoms with E-state index in [1.807, 2.05) is 61.5 Å². The molecule has 1 N–H and O–H groups in total. The Morgan fingerprint density at radius 2 is 1.89 bits per heavy atom. The number of aromatic nitrogens is 3. The first-order chi connectivity index (χ1) is 13.6. The summed E-state index contributed by atoms with van der Waals surface area (Å²) in [6.07, 6.45) is 3.48. The number of carbonyl (C=O) groups excluding carboxylic acids is 1. The van der Waals surface area contributed by atoms with Crippen molar-refractivity contribution < 1.29 is 4.79 Å². The Hall–Kier alpha value is -2.83. The molecule has 0 unspecified atom stereocenters. The fourth-order valence-electron chi connectivity index (χ4n) is 2.74. The topological polar surface area (TPSA) is 59.3 Å². The lowest BCUT2D eigenvalue weighted by Gasteiger charge is -2.06. The van der Waals surface area contributed by atoms with Crippen LogP contribution in [-0.4, -0.2) is 26.3 Å². The average molecular weight is 409 g/mol. The lowest BCUT2D eigenvalue weighted by molar-refractivity contribution is -0.113. The summed E-state index contributed by atoms with van der Waals surface area (Å²) in [4.78, 5) is 16.7. The van der Waals surface area contributed by atoms with Crippen LogP contribution in [0.25, 0.3) is 16.8 Å². The third kappa shape index (κ3) is 4.18. The molecule has 0 radical (unpaired) electrons. The number of hydrogen-bond acceptors (Lipinski definition) is 4. The highest BCUT2D eigenvalue weighted by molar-refractivity contribution is 8.00. The Kier molecular flexibility index (Phi) is 5.32. The highest BCUT2D eigenvalue weighted by atomic mass is 35.5. The number of thioether (sulfide) groups is 1. The molecular weight excluding hydrogens is 392 g/mol. The molecule has 2 aromatic heterocycles. The zero-order chi connectivity index (χ0) is 19.5. The Morgan fingerprint density at radius 3 is 2.64 bits per heavy atom. The minimum atomic E-state index is -0.0740. The maximum atomic E-state index is 12.3. The maximum Gasteiger partial charge on any atom is 0.234 e. The van der Waals surface area contributed by atoms with Gasteiger partial charge in [0.25, 0.3) is 0 Å². The van der Waals surface area contributed by atoms with E-state index < -0.39 is 0 Å². The van der Waals surface area contributed by atoms with Crippen molar-refractivity contribution in [2.75, 3.05) is 11.1 Å². The summed E-state index contributed by atoms with van der Waals surface area (Å²) in [5, 5.41) is 8.94. The molecule has 1 amide bonds. The van der Waals surface area contributed by atoms with E-state index in [0.717, 1.165) is 33.1 Å². The van der Waals surface area contributed by atoms with E-state index in [4.69, 9.17) is 11.6 Å². The van der Waals surface area contributed by atoms with Gasteiger partial charge in [-0.3, -0.25) is 4.79 Å². The normalized spacial score (nSPS) is 10.9. The van der Waals surface area contributed by atoms with E-state index in [-0.39, 0.29) is 11.7 Å². The predicted octanol–water partition coefficient (Wildman–Crippen LogP) is 5.09. The monoisotopic (exact) mass is 408 g/mol. The van der Waals surface area contributed by atoms with Crippen LogP contribution in [0.3, 0.4) is 0 Å². The molecule has 0 spiro atoms. The molecule has 5 nitrogen and oxygen atoms in total. The third-order valence-electron chi connectivity index (χ3n) is 4.17. The van der Waals surface area contributed by atoms with E-state index in [9.17, 15) is 4.79 Å². The summed E-state index contributed by atoms with van der Waals surface area (Å²) in [5.74, 6) is 0.192. The van der Waals surface area contributed by atoms with Crippen molar-refractivity contribution in [3.05, 3.63) is 77.6 Å². The van der Waals surface area contributed by atoms with Gasteiger partial charge in [0.2, 0.25) is 5.91 Å². The number of anilines is 1. The van der Waals surface area contributed by atoms with Gasteiger partial charge in [-0.2, -0.15) is 5.10 Å². The Morgan fingerprint density at radius 1 is 1.14 bits per heavy atom. The molecule has 2 heterocycles. The van der Waals surface area contributed by atoms with Crippen molar-refractivity contribution in [2.24, 2.45) is 0 Å². The highest BCUT2D eigenvalue weighted by Crippen LogP contribution is 2.26. The van der Waals surface area contributed by atoms with Crippen molar-refractivity contribution in [3.8, 4) is 11.3 Å². The molecule has 0 saturated carbocycles. The predicted molar refractivity (Wildman–Crippen MR) is 114 cm³/mol. The van der Waals surface area contributed by atoms with E-state index >= 15 is 0 Å². The van der Waals surface area contributed by atoms with Crippen molar-refractivity contribution in [2.45, 2.75) is 11.9 Å². The Bertz CT molecular complexity index is 1120. The number of benzene rings is 2. The summed E-state index contributed by atoms with van der Waals surface area (Å²) in [5.41, 5.74) is 4.61. The van der Waals surface area contributed by atoms with E-state index in [1.165, 1.54) is 11.8 Å². The second kappa shape index (κ2) is 8.04. The van der Waals surface area contributed by atoms with Crippen molar-refractivity contribution in [3.63, 3.8) is 0 Å². The number of rotatable bonds is 5. The fourth-order valence-corrected chi connectivity index (χ4v) is 3.64. The van der Waals surface area contributed by atoms with Gasteiger partial charge in [-0.15, -0.1) is 0 Å². The molecule has 4 rings (SSSR count). The minimum Gasteiger partial charge on any atom is -0.325 e. The zero-order valence-electron chi connectivity index (χ0n) is 15.1. The standard InChI is InChI=1S/C21H17ClN4OS/c1-14-2-8-17(9-3-14)24-20(27)13-28-21-19-12-18(25-26(19)11-10-23-21)15-4-6-16(22)7-5-15/h2-12H,13H2,1H3,(H,24,27). The van der Waals surface area contributed by atoms with Gasteiger partial charge in [-0.05, 0) is 37.3 Å².